The van der Waals surface area contributed by atoms with E-state index in [1.807, 2.05) is 19.2 Å². The number of morpholine rings is 1. The number of ether oxygens (including phenoxy) is 1. The van der Waals surface area contributed by atoms with Crippen LogP contribution in [0, 0.1) is 0 Å². The predicted octanol–water partition coefficient (Wildman–Crippen LogP) is 0.292. The first-order valence-corrected chi connectivity index (χ1v) is 7.48. The van der Waals surface area contributed by atoms with Crippen molar-refractivity contribution in [1.82, 2.24) is 25.3 Å². The Labute approximate surface area is 125 Å². The third-order valence-corrected chi connectivity index (χ3v) is 3.62. The van der Waals surface area contributed by atoms with Crippen molar-refractivity contribution < 1.29 is 9.53 Å². The highest BCUT2D eigenvalue weighted by molar-refractivity contribution is 5.74. The molecular weight excluding hydrogens is 270 g/mol. The normalized spacial score (nSPS) is 19.0. The second-order valence-corrected chi connectivity index (χ2v) is 5.48. The highest BCUT2D eigenvalue weighted by Crippen LogP contribution is 2.02. The van der Waals surface area contributed by atoms with Crippen molar-refractivity contribution in [3.63, 3.8) is 0 Å². The molecule has 0 spiro atoms. The molecule has 2 atom stereocenters. The molecule has 2 heterocycles. The van der Waals surface area contributed by atoms with E-state index in [2.05, 4.69) is 27.6 Å². The van der Waals surface area contributed by atoms with Gasteiger partial charge in [0.15, 0.2) is 0 Å². The summed E-state index contributed by atoms with van der Waals surface area (Å²) in [5, 5.41) is 9.98. The molecule has 2 N–H and O–H groups in total. The summed E-state index contributed by atoms with van der Waals surface area (Å²) < 4.78 is 7.14. The van der Waals surface area contributed by atoms with Crippen LogP contribution in [0.4, 0.5) is 4.79 Å². The molecule has 1 aromatic heterocycles. The van der Waals surface area contributed by atoms with E-state index in [1.54, 1.807) is 10.9 Å². The zero-order chi connectivity index (χ0) is 15.1. The van der Waals surface area contributed by atoms with E-state index in [0.29, 0.717) is 19.1 Å². The molecule has 1 aromatic rings. The first kappa shape index (κ1) is 15.8. The maximum Gasteiger partial charge on any atom is 0.315 e. The van der Waals surface area contributed by atoms with Crippen LogP contribution >= 0.6 is 0 Å². The van der Waals surface area contributed by atoms with Gasteiger partial charge >= 0.3 is 6.03 Å². The van der Waals surface area contributed by atoms with Gasteiger partial charge in [-0.05, 0) is 19.9 Å². The molecule has 1 fully saturated rings. The maximum atomic E-state index is 11.9. The number of nitrogens with zero attached hydrogens (tertiary/aromatic N) is 3. The Kier molecular flexibility index (Phi) is 6.01. The smallest absolute Gasteiger partial charge is 0.315 e. The molecule has 1 saturated heterocycles. The number of nitrogens with one attached hydrogen (secondary N) is 2. The first-order chi connectivity index (χ1) is 10.1. The fourth-order valence-corrected chi connectivity index (χ4v) is 2.40. The highest BCUT2D eigenvalue weighted by Gasteiger charge is 2.17. The molecule has 0 saturated carbocycles. The third kappa shape index (κ3) is 5.35. The van der Waals surface area contributed by atoms with Gasteiger partial charge in [-0.2, -0.15) is 5.10 Å². The first-order valence-electron chi connectivity index (χ1n) is 7.48. The summed E-state index contributed by atoms with van der Waals surface area (Å²) in [7, 11) is 0. The van der Waals surface area contributed by atoms with Crippen LogP contribution < -0.4 is 10.6 Å². The summed E-state index contributed by atoms with van der Waals surface area (Å²) in [6.45, 7) is 8.81. The summed E-state index contributed by atoms with van der Waals surface area (Å²) in [6.07, 6.45) is 3.62. The lowest BCUT2D eigenvalue weighted by molar-refractivity contribution is 0.0209. The Balaban J connectivity index is 1.64. The molecule has 21 heavy (non-hydrogen) atoms. The molecule has 0 bridgehead atoms. The standard InChI is InChI=1S/C14H25N5O2/c1-12(11-19-5-3-4-16-19)17-14(20)15-10-13(2)18-6-8-21-9-7-18/h3-5,12-13H,6-11H2,1-2H3,(H2,15,17,20)/t12-,13-/m1/s1. The van der Waals surface area contributed by atoms with Crippen LogP contribution in [0.5, 0.6) is 0 Å². The van der Waals surface area contributed by atoms with E-state index in [1.165, 1.54) is 0 Å². The van der Waals surface area contributed by atoms with Crippen molar-refractivity contribution in [2.45, 2.75) is 32.5 Å². The topological polar surface area (TPSA) is 71.4 Å². The number of carbonyl (C=O) groups is 1. The van der Waals surface area contributed by atoms with Gasteiger partial charge in [0, 0.05) is 44.1 Å². The minimum atomic E-state index is -0.130. The predicted molar refractivity (Wildman–Crippen MR) is 80.1 cm³/mol. The Hall–Kier alpha value is -1.60. The largest absolute Gasteiger partial charge is 0.379 e. The minimum Gasteiger partial charge on any atom is -0.379 e. The SMILES string of the molecule is C[C@H](Cn1cccn1)NC(=O)NC[C@@H](C)N1CCOCC1. The van der Waals surface area contributed by atoms with Gasteiger partial charge in [0.25, 0.3) is 0 Å². The molecule has 0 unspecified atom stereocenters. The Morgan fingerprint density at radius 2 is 2.14 bits per heavy atom. The third-order valence-electron chi connectivity index (χ3n) is 3.62. The number of carbonyl (C=O) groups excluding carboxylic acids is 1. The molecule has 2 rings (SSSR count). The second-order valence-electron chi connectivity index (χ2n) is 5.48. The van der Waals surface area contributed by atoms with Crippen LogP contribution in [0.25, 0.3) is 0 Å². The van der Waals surface area contributed by atoms with Crippen LogP contribution in [0.2, 0.25) is 0 Å². The van der Waals surface area contributed by atoms with Crippen molar-refractivity contribution in [3.8, 4) is 0 Å². The van der Waals surface area contributed by atoms with Crippen LogP contribution in [-0.2, 0) is 11.3 Å². The van der Waals surface area contributed by atoms with Crippen molar-refractivity contribution >= 4 is 6.03 Å². The molecule has 7 nitrogen and oxygen atoms in total. The van der Waals surface area contributed by atoms with Gasteiger partial charge in [0.2, 0.25) is 0 Å². The molecule has 0 aromatic carbocycles. The highest BCUT2D eigenvalue weighted by atomic mass is 16.5. The minimum absolute atomic E-state index is 0.0311. The van der Waals surface area contributed by atoms with Crippen LogP contribution in [0.15, 0.2) is 18.5 Å². The fourth-order valence-electron chi connectivity index (χ4n) is 2.40. The van der Waals surface area contributed by atoms with E-state index in [-0.39, 0.29) is 12.1 Å². The maximum absolute atomic E-state index is 11.9. The summed E-state index contributed by atoms with van der Waals surface area (Å²) in [5.41, 5.74) is 0. The van der Waals surface area contributed by atoms with Gasteiger partial charge in [-0.3, -0.25) is 9.58 Å². The van der Waals surface area contributed by atoms with Gasteiger partial charge in [0.05, 0.1) is 19.8 Å². The van der Waals surface area contributed by atoms with Crippen LogP contribution in [0.1, 0.15) is 13.8 Å². The van der Waals surface area contributed by atoms with E-state index in [4.69, 9.17) is 4.74 Å². The van der Waals surface area contributed by atoms with Gasteiger partial charge in [-0.1, -0.05) is 0 Å². The molecule has 0 aliphatic carbocycles. The van der Waals surface area contributed by atoms with E-state index < -0.39 is 0 Å². The number of rotatable bonds is 6. The van der Waals surface area contributed by atoms with E-state index >= 15 is 0 Å². The number of hydrogen-bond donors (Lipinski definition) is 2. The fraction of sp³-hybridized carbons (Fsp3) is 0.714. The van der Waals surface area contributed by atoms with Crippen LogP contribution in [-0.4, -0.2) is 65.6 Å². The van der Waals surface area contributed by atoms with Crippen LogP contribution in [0.3, 0.4) is 0 Å². The number of hydrogen-bond acceptors (Lipinski definition) is 4. The molecular formula is C14H25N5O2. The molecule has 2 amide bonds. The number of urea groups is 1. The Morgan fingerprint density at radius 1 is 1.38 bits per heavy atom. The van der Waals surface area contributed by atoms with Crippen molar-refractivity contribution in [3.05, 3.63) is 18.5 Å². The van der Waals surface area contributed by atoms with Gasteiger partial charge in [-0.25, -0.2) is 4.79 Å². The quantitative estimate of drug-likeness (QED) is 0.791. The van der Waals surface area contributed by atoms with Gasteiger partial charge in [-0.15, -0.1) is 0 Å². The summed E-state index contributed by atoms with van der Waals surface area (Å²) >= 11 is 0. The summed E-state index contributed by atoms with van der Waals surface area (Å²) in [5.74, 6) is 0. The zero-order valence-corrected chi connectivity index (χ0v) is 12.8. The lowest BCUT2D eigenvalue weighted by Crippen LogP contribution is -2.50. The van der Waals surface area contributed by atoms with Gasteiger partial charge in [0.1, 0.15) is 0 Å². The van der Waals surface area contributed by atoms with Crippen molar-refractivity contribution in [2.24, 2.45) is 0 Å². The zero-order valence-electron chi connectivity index (χ0n) is 12.8. The molecule has 1 aliphatic heterocycles. The van der Waals surface area contributed by atoms with Gasteiger partial charge < -0.3 is 15.4 Å². The lowest BCUT2D eigenvalue weighted by atomic mass is 10.2. The van der Waals surface area contributed by atoms with E-state index in [0.717, 1.165) is 26.3 Å². The average Bonchev–Trinajstić information content (AvgIpc) is 2.98. The summed E-state index contributed by atoms with van der Waals surface area (Å²) in [4.78, 5) is 14.2. The summed E-state index contributed by atoms with van der Waals surface area (Å²) in [6, 6.07) is 2.09. The molecule has 0 radical (unpaired) electrons. The number of amides is 2. The molecule has 1 aliphatic rings. The van der Waals surface area contributed by atoms with E-state index in [9.17, 15) is 4.79 Å². The Bertz CT molecular complexity index is 417. The van der Waals surface area contributed by atoms with Crippen molar-refractivity contribution in [2.75, 3.05) is 32.8 Å². The average molecular weight is 295 g/mol. The lowest BCUT2D eigenvalue weighted by Gasteiger charge is -2.32. The number of aromatic nitrogens is 2. The van der Waals surface area contributed by atoms with Crippen molar-refractivity contribution in [1.29, 1.82) is 0 Å². The Morgan fingerprint density at radius 3 is 2.81 bits per heavy atom. The molecule has 118 valence electrons. The molecule has 7 heteroatoms. The second kappa shape index (κ2) is 7.99. The monoisotopic (exact) mass is 295 g/mol.